The maximum absolute atomic E-state index is 11.8. The van der Waals surface area contributed by atoms with E-state index in [-0.39, 0.29) is 11.7 Å². The molecule has 0 spiro atoms. The van der Waals surface area contributed by atoms with Gasteiger partial charge in [0.2, 0.25) is 5.12 Å². The van der Waals surface area contributed by atoms with Crippen molar-refractivity contribution in [1.82, 2.24) is 10.9 Å². The van der Waals surface area contributed by atoms with Crippen molar-refractivity contribution < 1.29 is 4.79 Å². The largest absolute Gasteiger partial charge is 0.286 e. The molecule has 0 bridgehead atoms. The smallest absolute Gasteiger partial charge is 0.203 e. The number of carbonyl (C=O) groups excluding carboxylic acids is 1. The lowest BCUT2D eigenvalue weighted by molar-refractivity contribution is -0.110. The minimum Gasteiger partial charge on any atom is -0.286 e. The number of hydrogen-bond donors (Lipinski definition) is 2. The van der Waals surface area contributed by atoms with E-state index in [9.17, 15) is 4.79 Å². The van der Waals surface area contributed by atoms with Gasteiger partial charge < -0.3 is 0 Å². The van der Waals surface area contributed by atoms with Crippen LogP contribution in [0.25, 0.3) is 0 Å². The number of benzene rings is 3. The second-order valence-electron chi connectivity index (χ2n) is 5.90. The highest BCUT2D eigenvalue weighted by molar-refractivity contribution is 8.13. The lowest BCUT2D eigenvalue weighted by atomic mass is 9.77. The molecule has 0 saturated carbocycles. The molecular weight excluding hydrogens is 340 g/mol. The number of nitrogens with one attached hydrogen (secondary N) is 2. The quantitative estimate of drug-likeness (QED) is 0.493. The fourth-order valence-electron chi connectivity index (χ4n) is 3.10. The van der Waals surface area contributed by atoms with Gasteiger partial charge in [0.05, 0.1) is 6.54 Å². The van der Waals surface area contributed by atoms with E-state index in [2.05, 4.69) is 47.2 Å². The van der Waals surface area contributed by atoms with Gasteiger partial charge in [-0.25, -0.2) is 10.9 Å². The number of hydrogen-bond acceptors (Lipinski definition) is 4. The van der Waals surface area contributed by atoms with Crippen LogP contribution in [0.15, 0.2) is 91.0 Å². The van der Waals surface area contributed by atoms with Crippen LogP contribution in [0, 0.1) is 0 Å². The molecule has 0 atom stereocenters. The molecular formula is C22H22N2OS. The predicted molar refractivity (Wildman–Crippen MR) is 109 cm³/mol. The van der Waals surface area contributed by atoms with Gasteiger partial charge in [-0.2, -0.15) is 0 Å². The first-order chi connectivity index (χ1) is 12.8. The van der Waals surface area contributed by atoms with Gasteiger partial charge in [-0.1, -0.05) is 103 Å². The molecule has 0 heterocycles. The van der Waals surface area contributed by atoms with Gasteiger partial charge >= 0.3 is 0 Å². The highest BCUT2D eigenvalue weighted by Crippen LogP contribution is 2.36. The molecule has 3 aromatic rings. The van der Waals surface area contributed by atoms with Crippen molar-refractivity contribution in [2.45, 2.75) is 5.54 Å². The highest BCUT2D eigenvalue weighted by atomic mass is 32.2. The Morgan fingerprint density at radius 2 is 1.15 bits per heavy atom. The Kier molecular flexibility index (Phi) is 6.23. The lowest BCUT2D eigenvalue weighted by Gasteiger charge is -2.37. The van der Waals surface area contributed by atoms with Crippen LogP contribution in [0.4, 0.5) is 0 Å². The van der Waals surface area contributed by atoms with Crippen LogP contribution in [0.3, 0.4) is 0 Å². The predicted octanol–water partition coefficient (Wildman–Crippen LogP) is 3.96. The third-order valence-corrected chi connectivity index (χ3v) is 4.96. The fraction of sp³-hybridized carbons (Fsp3) is 0.136. The SMILES string of the molecule is CSC(=O)CNNC(c1ccccc1)(c1ccccc1)c1ccccc1. The van der Waals surface area contributed by atoms with Crippen molar-refractivity contribution >= 4 is 16.9 Å². The van der Waals surface area contributed by atoms with Crippen LogP contribution >= 0.6 is 11.8 Å². The van der Waals surface area contributed by atoms with Gasteiger partial charge in [0.1, 0.15) is 5.54 Å². The van der Waals surface area contributed by atoms with Gasteiger partial charge in [0.25, 0.3) is 0 Å². The average Bonchev–Trinajstić information content (AvgIpc) is 2.73. The van der Waals surface area contributed by atoms with Gasteiger partial charge in [0.15, 0.2) is 0 Å². The van der Waals surface area contributed by atoms with E-state index in [1.54, 1.807) is 6.26 Å². The van der Waals surface area contributed by atoms with Gasteiger partial charge in [0, 0.05) is 0 Å². The molecule has 3 rings (SSSR count). The topological polar surface area (TPSA) is 41.1 Å². The zero-order valence-electron chi connectivity index (χ0n) is 14.7. The zero-order valence-corrected chi connectivity index (χ0v) is 15.5. The van der Waals surface area contributed by atoms with Crippen LogP contribution < -0.4 is 10.9 Å². The lowest BCUT2D eigenvalue weighted by Crippen LogP contribution is -2.52. The summed E-state index contributed by atoms with van der Waals surface area (Å²) in [6.07, 6.45) is 1.79. The summed E-state index contributed by atoms with van der Waals surface area (Å²) in [6.45, 7) is 0.245. The summed E-state index contributed by atoms with van der Waals surface area (Å²) in [6, 6.07) is 30.8. The molecule has 4 heteroatoms. The van der Waals surface area contributed by atoms with Crippen molar-refractivity contribution in [3.05, 3.63) is 108 Å². The summed E-state index contributed by atoms with van der Waals surface area (Å²) in [5.41, 5.74) is 9.30. The average molecular weight is 362 g/mol. The molecule has 3 nitrogen and oxygen atoms in total. The molecule has 0 aliphatic carbocycles. The summed E-state index contributed by atoms with van der Waals surface area (Å²) in [5, 5.41) is 0.0839. The maximum Gasteiger partial charge on any atom is 0.203 e. The Morgan fingerprint density at radius 1 is 0.769 bits per heavy atom. The molecule has 0 unspecified atom stereocenters. The van der Waals surface area contributed by atoms with Crippen molar-refractivity contribution in [1.29, 1.82) is 0 Å². The Bertz CT molecular complexity index is 726. The first kappa shape index (κ1) is 18.4. The Balaban J connectivity index is 2.13. The van der Waals surface area contributed by atoms with E-state index in [0.29, 0.717) is 0 Å². The van der Waals surface area contributed by atoms with Crippen LogP contribution in [0.5, 0.6) is 0 Å². The second-order valence-corrected chi connectivity index (χ2v) is 6.77. The van der Waals surface area contributed by atoms with E-state index in [0.717, 1.165) is 16.7 Å². The van der Waals surface area contributed by atoms with Crippen molar-refractivity contribution in [2.75, 3.05) is 12.8 Å². The van der Waals surface area contributed by atoms with E-state index in [1.165, 1.54) is 11.8 Å². The summed E-state index contributed by atoms with van der Waals surface area (Å²) in [5.74, 6) is 0. The first-order valence-electron chi connectivity index (χ1n) is 8.51. The third-order valence-electron chi connectivity index (χ3n) is 4.36. The molecule has 3 aromatic carbocycles. The van der Waals surface area contributed by atoms with Gasteiger partial charge in [-0.05, 0) is 22.9 Å². The zero-order chi connectivity index (χ0) is 18.2. The summed E-state index contributed by atoms with van der Waals surface area (Å²) in [7, 11) is 0. The van der Waals surface area contributed by atoms with E-state index in [4.69, 9.17) is 0 Å². The molecule has 0 fully saturated rings. The molecule has 0 radical (unpaired) electrons. The first-order valence-corrected chi connectivity index (χ1v) is 9.73. The van der Waals surface area contributed by atoms with E-state index in [1.807, 2.05) is 54.6 Å². The molecule has 0 aliphatic heterocycles. The van der Waals surface area contributed by atoms with E-state index < -0.39 is 5.54 Å². The summed E-state index contributed by atoms with van der Waals surface area (Å²) < 4.78 is 0. The van der Waals surface area contributed by atoms with Crippen LogP contribution in [-0.2, 0) is 10.3 Å². The molecule has 132 valence electrons. The summed E-state index contributed by atoms with van der Waals surface area (Å²) >= 11 is 1.22. The third kappa shape index (κ3) is 3.88. The van der Waals surface area contributed by atoms with Crippen LogP contribution in [0.1, 0.15) is 16.7 Å². The molecule has 0 saturated heterocycles. The molecule has 0 aliphatic rings. The Morgan fingerprint density at radius 3 is 1.50 bits per heavy atom. The number of hydrazine groups is 1. The second kappa shape index (κ2) is 8.81. The highest BCUT2D eigenvalue weighted by Gasteiger charge is 2.35. The molecule has 0 aromatic heterocycles. The van der Waals surface area contributed by atoms with Crippen molar-refractivity contribution in [2.24, 2.45) is 0 Å². The van der Waals surface area contributed by atoms with Gasteiger partial charge in [-0.15, -0.1) is 0 Å². The number of thioether (sulfide) groups is 1. The molecule has 0 amide bonds. The fourth-order valence-corrected chi connectivity index (χ4v) is 3.32. The van der Waals surface area contributed by atoms with Crippen LogP contribution in [-0.4, -0.2) is 17.9 Å². The number of rotatable bonds is 7. The normalized spacial score (nSPS) is 11.3. The molecule has 26 heavy (non-hydrogen) atoms. The van der Waals surface area contributed by atoms with Crippen LogP contribution in [0.2, 0.25) is 0 Å². The number of carbonyl (C=O) groups is 1. The van der Waals surface area contributed by atoms with Crippen molar-refractivity contribution in [3.63, 3.8) is 0 Å². The Labute approximate surface area is 158 Å². The van der Waals surface area contributed by atoms with E-state index >= 15 is 0 Å². The minimum absolute atomic E-state index is 0.0839. The minimum atomic E-state index is -0.609. The maximum atomic E-state index is 11.8. The monoisotopic (exact) mass is 362 g/mol. The van der Waals surface area contributed by atoms with Crippen molar-refractivity contribution in [3.8, 4) is 0 Å². The summed E-state index contributed by atoms with van der Waals surface area (Å²) in [4.78, 5) is 11.8. The Hall–Kier alpha value is -2.40. The molecule has 2 N–H and O–H groups in total. The van der Waals surface area contributed by atoms with Gasteiger partial charge in [-0.3, -0.25) is 4.79 Å². The standard InChI is InChI=1S/C22H22N2OS/c1-26-21(25)17-23-24-22(18-11-5-2-6-12-18,19-13-7-3-8-14-19)20-15-9-4-10-16-20/h2-16,23-24H,17H2,1H3.